The van der Waals surface area contributed by atoms with Crippen molar-refractivity contribution in [3.05, 3.63) is 33.4 Å². The number of nitro benzene ring substituents is 1. The highest BCUT2D eigenvalue weighted by atomic mass is 16.6. The van der Waals surface area contributed by atoms with Gasteiger partial charge < -0.3 is 19.5 Å². The number of carbonyl (C=O) groups is 3. The minimum Gasteiger partial charge on any atom is -0.484 e. The van der Waals surface area contributed by atoms with Crippen LogP contribution in [0.4, 0.5) is 5.69 Å². The first-order valence-electron chi connectivity index (χ1n) is 8.48. The van der Waals surface area contributed by atoms with E-state index in [4.69, 9.17) is 14.6 Å². The first-order chi connectivity index (χ1) is 13.2. The normalized spacial score (nSPS) is 13.2. The van der Waals surface area contributed by atoms with Crippen molar-refractivity contribution in [1.29, 1.82) is 0 Å². The van der Waals surface area contributed by atoms with Crippen LogP contribution in [0.3, 0.4) is 0 Å². The topological polar surface area (TPSA) is 140 Å². The van der Waals surface area contributed by atoms with Crippen molar-refractivity contribution < 1.29 is 33.9 Å². The number of imide groups is 1. The number of aliphatic carboxylic acids is 1. The van der Waals surface area contributed by atoms with Crippen LogP contribution < -0.4 is 4.74 Å². The van der Waals surface area contributed by atoms with Crippen molar-refractivity contribution >= 4 is 23.5 Å². The number of carboxylic acids is 1. The van der Waals surface area contributed by atoms with Gasteiger partial charge in [0, 0.05) is 25.2 Å². The number of hydrogen-bond acceptors (Lipinski definition) is 8. The highest BCUT2D eigenvalue weighted by Gasteiger charge is 2.38. The van der Waals surface area contributed by atoms with Gasteiger partial charge in [-0.3, -0.25) is 29.4 Å². The minimum absolute atomic E-state index is 0.0257. The van der Waals surface area contributed by atoms with E-state index < -0.39 is 34.8 Å². The summed E-state index contributed by atoms with van der Waals surface area (Å²) in [6.45, 7) is 1.08. The van der Waals surface area contributed by atoms with Crippen LogP contribution >= 0.6 is 0 Å². The van der Waals surface area contributed by atoms with Gasteiger partial charge in [0.2, 0.25) is 0 Å². The van der Waals surface area contributed by atoms with Crippen LogP contribution in [-0.4, -0.2) is 84.6 Å². The summed E-state index contributed by atoms with van der Waals surface area (Å²) in [7, 11) is 3.79. The van der Waals surface area contributed by atoms with E-state index in [0.717, 1.165) is 17.0 Å². The van der Waals surface area contributed by atoms with Crippen molar-refractivity contribution in [3.8, 4) is 5.75 Å². The zero-order chi connectivity index (χ0) is 20.8. The highest BCUT2D eigenvalue weighted by Crippen LogP contribution is 2.35. The number of nitrogens with zero attached hydrogens (tertiary/aromatic N) is 3. The first-order valence-corrected chi connectivity index (χ1v) is 8.48. The van der Waals surface area contributed by atoms with Crippen molar-refractivity contribution in [1.82, 2.24) is 9.80 Å². The first kappa shape index (κ1) is 21.3. The van der Waals surface area contributed by atoms with Gasteiger partial charge in [0.25, 0.3) is 11.8 Å². The standard InChI is InChI=1S/C17H21N3O8/c1-18(2)5-6-27-7-8-28-14-10-12-11(9-13(14)20(25)26)16(23)19(17(12)24)4-3-15(21)22/h9-10H,3-8H2,1-2H3,(H,21,22). The molecule has 11 heteroatoms. The van der Waals surface area contributed by atoms with Gasteiger partial charge in [-0.2, -0.15) is 0 Å². The Labute approximate surface area is 160 Å². The second-order valence-electron chi connectivity index (χ2n) is 6.29. The van der Waals surface area contributed by atoms with E-state index in [9.17, 15) is 24.5 Å². The summed E-state index contributed by atoms with van der Waals surface area (Å²) in [5, 5.41) is 20.1. The minimum atomic E-state index is -1.17. The average Bonchev–Trinajstić information content (AvgIpc) is 2.85. The predicted molar refractivity (Wildman–Crippen MR) is 95.6 cm³/mol. The van der Waals surface area contributed by atoms with Crippen LogP contribution in [0.2, 0.25) is 0 Å². The van der Waals surface area contributed by atoms with E-state index in [-0.39, 0.29) is 36.6 Å². The molecular weight excluding hydrogens is 374 g/mol. The van der Waals surface area contributed by atoms with E-state index in [2.05, 4.69) is 0 Å². The maximum Gasteiger partial charge on any atom is 0.311 e. The molecule has 1 aliphatic heterocycles. The summed E-state index contributed by atoms with van der Waals surface area (Å²) in [6.07, 6.45) is -0.415. The average molecular weight is 395 g/mol. The van der Waals surface area contributed by atoms with Gasteiger partial charge in [-0.1, -0.05) is 0 Å². The molecule has 0 radical (unpaired) electrons. The molecule has 2 amide bonds. The third-order valence-electron chi connectivity index (χ3n) is 3.96. The molecule has 0 unspecified atom stereocenters. The van der Waals surface area contributed by atoms with Crippen LogP contribution in [0, 0.1) is 10.1 Å². The lowest BCUT2D eigenvalue weighted by Crippen LogP contribution is -2.31. The van der Waals surface area contributed by atoms with Crippen LogP contribution in [0.5, 0.6) is 5.75 Å². The SMILES string of the molecule is CN(C)CCOCCOc1cc2c(cc1[N+](=O)[O-])C(=O)N(CCC(=O)O)C2=O. The molecule has 0 aromatic heterocycles. The summed E-state index contributed by atoms with van der Waals surface area (Å²) >= 11 is 0. The lowest BCUT2D eigenvalue weighted by atomic mass is 10.1. The van der Waals surface area contributed by atoms with Crippen molar-refractivity contribution in [2.75, 3.05) is 47.0 Å². The fourth-order valence-corrected chi connectivity index (χ4v) is 2.53. The number of amides is 2. The van der Waals surface area contributed by atoms with Crippen molar-refractivity contribution in [2.24, 2.45) is 0 Å². The molecule has 2 rings (SSSR count). The van der Waals surface area contributed by atoms with Gasteiger partial charge in [-0.15, -0.1) is 0 Å². The Bertz CT molecular complexity index is 793. The lowest BCUT2D eigenvalue weighted by Gasteiger charge is -2.11. The van der Waals surface area contributed by atoms with E-state index in [1.165, 1.54) is 0 Å². The smallest absolute Gasteiger partial charge is 0.311 e. The van der Waals surface area contributed by atoms with E-state index >= 15 is 0 Å². The molecule has 0 saturated heterocycles. The Morgan fingerprint density at radius 3 is 2.39 bits per heavy atom. The zero-order valence-corrected chi connectivity index (χ0v) is 15.5. The Morgan fingerprint density at radius 1 is 1.18 bits per heavy atom. The van der Waals surface area contributed by atoms with Gasteiger partial charge in [-0.05, 0) is 14.1 Å². The number of hydrogen-bond donors (Lipinski definition) is 1. The Hall–Kier alpha value is -3.05. The molecule has 1 aromatic carbocycles. The predicted octanol–water partition coefficient (Wildman–Crippen LogP) is 0.622. The highest BCUT2D eigenvalue weighted by molar-refractivity contribution is 6.22. The Kier molecular flexibility index (Phi) is 7.01. The van der Waals surface area contributed by atoms with Crippen LogP contribution in [0.15, 0.2) is 12.1 Å². The number of fused-ring (bicyclic) bond motifs is 1. The van der Waals surface area contributed by atoms with Gasteiger partial charge in [0.15, 0.2) is 5.75 Å². The van der Waals surface area contributed by atoms with E-state index in [0.29, 0.717) is 13.2 Å². The molecular formula is C17H21N3O8. The van der Waals surface area contributed by atoms with Gasteiger partial charge in [-0.25, -0.2) is 0 Å². The number of nitro groups is 1. The zero-order valence-electron chi connectivity index (χ0n) is 15.5. The van der Waals surface area contributed by atoms with Crippen LogP contribution in [0.1, 0.15) is 27.1 Å². The van der Waals surface area contributed by atoms with Crippen LogP contribution in [0.25, 0.3) is 0 Å². The van der Waals surface area contributed by atoms with E-state index in [1.54, 1.807) is 0 Å². The molecule has 0 bridgehead atoms. The summed E-state index contributed by atoms with van der Waals surface area (Å²) in [4.78, 5) is 48.7. The number of benzene rings is 1. The maximum atomic E-state index is 12.4. The van der Waals surface area contributed by atoms with Crippen molar-refractivity contribution in [2.45, 2.75) is 6.42 Å². The number of rotatable bonds is 11. The third-order valence-corrected chi connectivity index (χ3v) is 3.96. The molecule has 1 aliphatic rings. The number of ether oxygens (including phenoxy) is 2. The van der Waals surface area contributed by atoms with Gasteiger partial charge >= 0.3 is 11.7 Å². The quantitative estimate of drug-likeness (QED) is 0.247. The largest absolute Gasteiger partial charge is 0.484 e. The second-order valence-corrected chi connectivity index (χ2v) is 6.29. The number of likely N-dealkylation sites (N-methyl/N-ethyl adjacent to an activating group) is 1. The molecule has 1 heterocycles. The fraction of sp³-hybridized carbons (Fsp3) is 0.471. The molecule has 28 heavy (non-hydrogen) atoms. The molecule has 0 saturated carbocycles. The molecule has 0 atom stereocenters. The van der Waals surface area contributed by atoms with Gasteiger partial charge in [0.05, 0.1) is 35.7 Å². The maximum absolute atomic E-state index is 12.4. The molecule has 11 nitrogen and oxygen atoms in total. The van der Waals surface area contributed by atoms with Gasteiger partial charge in [0.1, 0.15) is 6.61 Å². The lowest BCUT2D eigenvalue weighted by molar-refractivity contribution is -0.385. The summed E-state index contributed by atoms with van der Waals surface area (Å²) < 4.78 is 10.7. The molecule has 0 spiro atoms. The Morgan fingerprint density at radius 2 is 1.82 bits per heavy atom. The summed E-state index contributed by atoms with van der Waals surface area (Å²) in [5.74, 6) is -2.78. The second kappa shape index (κ2) is 9.24. The van der Waals surface area contributed by atoms with Crippen LogP contribution in [-0.2, 0) is 9.53 Å². The number of carbonyl (C=O) groups excluding carboxylic acids is 2. The van der Waals surface area contributed by atoms with E-state index in [1.807, 2.05) is 19.0 Å². The monoisotopic (exact) mass is 395 g/mol. The third kappa shape index (κ3) is 5.02. The molecule has 0 aliphatic carbocycles. The summed E-state index contributed by atoms with van der Waals surface area (Å²) in [5.41, 5.74) is -0.644. The van der Waals surface area contributed by atoms with Crippen molar-refractivity contribution in [3.63, 3.8) is 0 Å². The summed E-state index contributed by atoms with van der Waals surface area (Å²) in [6, 6.07) is 2.13. The molecule has 1 N–H and O–H groups in total. The fourth-order valence-electron chi connectivity index (χ4n) is 2.53. The Balaban J connectivity index is 2.12. The molecule has 152 valence electrons. The molecule has 0 fully saturated rings. The number of carboxylic acid groups (broad SMARTS) is 1. The molecule has 1 aromatic rings.